The first-order valence-corrected chi connectivity index (χ1v) is 1.06. The Morgan fingerprint density at radius 3 is 0.625 bits per heavy atom. The predicted octanol–water partition coefficient (Wildman–Crippen LogP) is -13.2. The summed E-state index contributed by atoms with van der Waals surface area (Å²) in [6.07, 6.45) is 0. The molecule has 0 N–H and O–H groups in total. The van der Waals surface area contributed by atoms with Crippen molar-refractivity contribution in [3.05, 3.63) is 0 Å². The van der Waals surface area contributed by atoms with Gasteiger partial charge in [0.15, 0.2) is 0 Å². The second-order valence-corrected chi connectivity index (χ2v) is 0. The molecule has 0 unspecified atom stereocenters. The van der Waals surface area contributed by atoms with Crippen LogP contribution in [0.2, 0.25) is 0 Å². The van der Waals surface area contributed by atoms with Crippen molar-refractivity contribution in [3.8, 4) is 0 Å². The van der Waals surface area contributed by atoms with Crippen LogP contribution in [-0.2, 0) is 3.78 Å². The molecule has 0 saturated heterocycles. The van der Waals surface area contributed by atoms with Crippen molar-refractivity contribution in [1.82, 2.24) is 0 Å². The molecule has 0 heterocycles. The van der Waals surface area contributed by atoms with E-state index in [0.717, 1.165) is 16.5 Å². The first-order chi connectivity index (χ1) is 1.00. The molecule has 0 saturated carbocycles. The molecule has 0 aliphatic rings. The fraction of sp³-hybridized carbons (Fsp3) is 0. The van der Waals surface area contributed by atoms with E-state index in [1.165, 1.54) is 0 Å². The van der Waals surface area contributed by atoms with Crippen LogP contribution in [0.3, 0.4) is 0 Å². The maximum absolute atomic E-state index is 8.25. The average molecular weight is 213 g/mol. The van der Waals surface area contributed by atoms with E-state index in [2.05, 4.69) is 0 Å². The summed E-state index contributed by atoms with van der Waals surface area (Å²) in [5.41, 5.74) is 0. The van der Waals surface area contributed by atoms with Gasteiger partial charge >= 0.3 is 66.3 Å². The fourth-order valence-corrected chi connectivity index (χ4v) is 0. The van der Waals surface area contributed by atoms with Gasteiger partial charge in [-0.1, -0.05) is 0 Å². The third-order valence-electron chi connectivity index (χ3n) is 0. The SMILES string of the molecule is [F-].[F-].[F-].[F-].[Mg+2].[Mg+2].[O]=[Ge]. The third-order valence-corrected chi connectivity index (χ3v) is 0. The zero-order chi connectivity index (χ0) is 2.00. The zero-order valence-electron chi connectivity index (χ0n) is 3.83. The second kappa shape index (κ2) is 195. The van der Waals surface area contributed by atoms with E-state index in [1.54, 1.807) is 0 Å². The molecule has 0 aromatic rings. The number of hydrogen-bond acceptors (Lipinski definition) is 1. The van der Waals surface area contributed by atoms with E-state index < -0.39 is 0 Å². The minimum absolute atomic E-state index is 0. The quantitative estimate of drug-likeness (QED) is 0.288. The number of hydrogen-bond donors (Lipinski definition) is 0. The summed E-state index contributed by atoms with van der Waals surface area (Å²) in [5.74, 6) is 0. The molecule has 0 spiro atoms. The van der Waals surface area contributed by atoms with Crippen LogP contribution in [-0.4, -0.2) is 62.6 Å². The Bertz CT molecular complexity index is 14.0. The summed E-state index contributed by atoms with van der Waals surface area (Å²) < 4.78 is 8.25. The molecule has 0 fully saturated rings. The van der Waals surface area contributed by atoms with Crippen LogP contribution in [0.5, 0.6) is 0 Å². The van der Waals surface area contributed by atoms with Crippen LogP contribution < -0.4 is 18.8 Å². The Balaban J connectivity index is -0.000000000333. The number of halogens is 4. The molecule has 0 amide bonds. The van der Waals surface area contributed by atoms with Gasteiger partial charge in [-0.3, -0.25) is 0 Å². The van der Waals surface area contributed by atoms with Gasteiger partial charge in [-0.15, -0.1) is 0 Å². The van der Waals surface area contributed by atoms with Gasteiger partial charge < -0.3 is 18.8 Å². The van der Waals surface area contributed by atoms with Gasteiger partial charge in [-0.2, -0.15) is 0 Å². The van der Waals surface area contributed by atoms with Crippen molar-refractivity contribution in [3.63, 3.8) is 0 Å². The summed E-state index contributed by atoms with van der Waals surface area (Å²) in [7, 11) is 0. The van der Waals surface area contributed by atoms with Crippen molar-refractivity contribution in [2.24, 2.45) is 0 Å². The molecule has 1 nitrogen and oxygen atoms in total. The summed E-state index contributed by atoms with van der Waals surface area (Å²) >= 11 is 0.750. The monoisotopic (exact) mass is 214 g/mol. The molecule has 0 atom stereocenters. The molecule has 0 rings (SSSR count). The number of rotatable bonds is 0. The fourth-order valence-electron chi connectivity index (χ4n) is 0. The Morgan fingerprint density at radius 2 is 0.625 bits per heavy atom. The Morgan fingerprint density at radius 1 is 0.625 bits per heavy atom. The van der Waals surface area contributed by atoms with E-state index >= 15 is 0 Å². The van der Waals surface area contributed by atoms with Gasteiger partial charge in [0.05, 0.1) is 0 Å². The topological polar surface area (TPSA) is 17.1 Å². The molecule has 0 aromatic carbocycles. The van der Waals surface area contributed by atoms with Gasteiger partial charge in [-0.05, 0) is 0 Å². The van der Waals surface area contributed by atoms with Crippen LogP contribution in [0.25, 0.3) is 0 Å². The van der Waals surface area contributed by atoms with Gasteiger partial charge in [0.2, 0.25) is 0 Å². The molecule has 2 radical (unpaired) electrons. The summed E-state index contributed by atoms with van der Waals surface area (Å²) in [6.45, 7) is 0. The van der Waals surface area contributed by atoms with Gasteiger partial charge in [0.25, 0.3) is 0 Å². The van der Waals surface area contributed by atoms with E-state index in [1.807, 2.05) is 0 Å². The van der Waals surface area contributed by atoms with Gasteiger partial charge in [0, 0.05) is 0 Å². The third kappa shape index (κ3) is 130. The minimum atomic E-state index is 0. The van der Waals surface area contributed by atoms with Crippen LogP contribution in [0, 0.1) is 0 Å². The summed E-state index contributed by atoms with van der Waals surface area (Å²) in [6, 6.07) is 0. The van der Waals surface area contributed by atoms with Crippen LogP contribution in [0.1, 0.15) is 0 Å². The molecular weight excluding hydrogens is 213 g/mol. The first kappa shape index (κ1) is 105. The van der Waals surface area contributed by atoms with Crippen LogP contribution in [0.15, 0.2) is 0 Å². The molecule has 0 aliphatic heterocycles. The van der Waals surface area contributed by atoms with Crippen molar-refractivity contribution >= 4 is 62.6 Å². The van der Waals surface area contributed by atoms with Crippen molar-refractivity contribution < 1.29 is 22.6 Å². The van der Waals surface area contributed by atoms with Gasteiger partial charge in [0.1, 0.15) is 0 Å². The van der Waals surface area contributed by atoms with E-state index in [4.69, 9.17) is 3.78 Å². The standard InChI is InChI=1S/4FH.GeO.2Mg/c;;;;1-2;;/h4*1H;;;/q;;;;;2*+2/p-4. The zero-order valence-corrected chi connectivity index (χ0v) is 8.76. The van der Waals surface area contributed by atoms with Crippen molar-refractivity contribution in [2.45, 2.75) is 0 Å². The molecule has 8 heteroatoms. The van der Waals surface area contributed by atoms with Gasteiger partial charge in [-0.25, -0.2) is 0 Å². The summed E-state index contributed by atoms with van der Waals surface area (Å²) in [4.78, 5) is 0. The van der Waals surface area contributed by atoms with Crippen LogP contribution >= 0.6 is 0 Å². The Labute approximate surface area is 84.6 Å². The molecule has 42 valence electrons. The van der Waals surface area contributed by atoms with Crippen molar-refractivity contribution in [1.29, 1.82) is 0 Å². The van der Waals surface area contributed by atoms with E-state index in [9.17, 15) is 0 Å². The Kier molecular flexibility index (Phi) is 2560. The first-order valence-electron chi connectivity index (χ1n) is 0.204. The normalized spacial score (nSPS) is 0.500. The van der Waals surface area contributed by atoms with E-state index in [-0.39, 0.29) is 64.9 Å². The summed E-state index contributed by atoms with van der Waals surface area (Å²) in [5, 5.41) is 0. The molecule has 0 aromatic heterocycles. The second-order valence-electron chi connectivity index (χ2n) is 0. The average Bonchev–Trinajstić information content (AvgIpc) is 1.00. The van der Waals surface area contributed by atoms with E-state index in [0.29, 0.717) is 0 Å². The van der Waals surface area contributed by atoms with Crippen LogP contribution in [0.4, 0.5) is 0 Å². The van der Waals surface area contributed by atoms with Crippen molar-refractivity contribution in [2.75, 3.05) is 0 Å². The molecular formula is F4GeMg2O. The maximum atomic E-state index is 8.25. The Hall–Kier alpha value is 1.60. The molecule has 8 heavy (non-hydrogen) atoms. The molecule has 0 bridgehead atoms. The molecule has 0 aliphatic carbocycles. The predicted molar refractivity (Wildman–Crippen MR) is 17.9 cm³/mol.